The Hall–Kier alpha value is -1.46. The van der Waals surface area contributed by atoms with Gasteiger partial charge in [0.2, 0.25) is 5.91 Å². The summed E-state index contributed by atoms with van der Waals surface area (Å²) in [6.45, 7) is 13.8. The van der Waals surface area contributed by atoms with Crippen LogP contribution in [0.4, 0.5) is 9.18 Å². The molecular weight excluding hydrogens is 569 g/mol. The summed E-state index contributed by atoms with van der Waals surface area (Å²) < 4.78 is 16.6. The molecule has 6 aliphatic rings. The Bertz CT molecular complexity index is 1040. The molecule has 0 radical (unpaired) electrons. The molecule has 3 amide bonds. The van der Waals surface area contributed by atoms with Crippen LogP contribution in [0, 0.1) is 23.7 Å². The number of piperidine rings is 2. The van der Waals surface area contributed by atoms with Gasteiger partial charge in [-0.1, -0.05) is 26.8 Å². The van der Waals surface area contributed by atoms with Crippen molar-refractivity contribution in [2.45, 2.75) is 120 Å². The number of nitrogens with one attached hydrogen (secondary N) is 4. The van der Waals surface area contributed by atoms with Crippen molar-refractivity contribution in [1.29, 1.82) is 0 Å². The number of rotatable bonds is 3. The van der Waals surface area contributed by atoms with Crippen molar-refractivity contribution in [1.82, 2.24) is 36.0 Å². The topological polar surface area (TPSA) is 92.0 Å². The second kappa shape index (κ2) is 13.1. The van der Waals surface area contributed by atoms with Crippen LogP contribution in [0.5, 0.6) is 0 Å². The minimum atomic E-state index is -1.07. The molecule has 6 rings (SSSR count). The molecule has 2 bridgehead atoms. The first-order valence-corrected chi connectivity index (χ1v) is 17.4. The van der Waals surface area contributed by atoms with Gasteiger partial charge in [0.25, 0.3) is 0 Å². The first-order chi connectivity index (χ1) is 20.7. The van der Waals surface area contributed by atoms with E-state index in [0.717, 1.165) is 51.6 Å². The molecular formula is C32H53ClFN7O2. The van der Waals surface area contributed by atoms with Gasteiger partial charge in [0, 0.05) is 61.0 Å². The SMILES string of the molecule is C=CC(=O)N1CCN(C2NC(=O)N3C4NC(C(F)CC42)C2C(Cl)CCCC2NCCCC2CCNC(C(C)C)C23)[C@@H](C)C1. The third kappa shape index (κ3) is 5.96. The number of hydrogen-bond donors (Lipinski definition) is 4. The first-order valence-electron chi connectivity index (χ1n) is 17.0. The highest BCUT2D eigenvalue weighted by molar-refractivity contribution is 6.21. The summed E-state index contributed by atoms with van der Waals surface area (Å²) in [7, 11) is 0. The summed E-state index contributed by atoms with van der Waals surface area (Å²) in [5, 5.41) is 14.7. The van der Waals surface area contributed by atoms with E-state index < -0.39 is 12.2 Å². The van der Waals surface area contributed by atoms with Crippen molar-refractivity contribution >= 4 is 23.5 Å². The minimum Gasteiger partial charge on any atom is -0.336 e. The number of carbonyl (C=O) groups is 2. The fourth-order valence-electron chi connectivity index (χ4n) is 9.60. The summed E-state index contributed by atoms with van der Waals surface area (Å²) in [6, 6.07) is -0.109. The average Bonchev–Trinajstić information content (AvgIpc) is 2.98. The lowest BCUT2D eigenvalue weighted by Gasteiger charge is -2.60. The summed E-state index contributed by atoms with van der Waals surface area (Å²) in [5.74, 6) is 0.468. The molecule has 242 valence electrons. The Morgan fingerprint density at radius 3 is 2.65 bits per heavy atom. The van der Waals surface area contributed by atoms with E-state index in [1.54, 1.807) is 0 Å². The lowest BCUT2D eigenvalue weighted by Crippen LogP contribution is -2.80. The molecule has 12 atom stereocenters. The maximum Gasteiger partial charge on any atom is 0.320 e. The first kappa shape index (κ1) is 31.5. The standard InChI is InChI=1S/C32H53ClFN7O2/c1-5-25(42)39-14-15-40(19(4)17-39)30-21-16-23(34)28-26-22(33)9-6-10-24(26)35-12-7-8-20-11-13-36-27(18(2)3)29(20)41(31(21)37-28)32(43)38-30/h5,18-24,26-31,35-37H,1,6-17H2,2-4H3,(H,38,43)/t19-,20?,21?,22?,23?,24?,26?,27?,28?,29?,30?,31?/m0/s1. The predicted molar refractivity (Wildman–Crippen MR) is 167 cm³/mol. The van der Waals surface area contributed by atoms with Gasteiger partial charge in [0.15, 0.2) is 0 Å². The van der Waals surface area contributed by atoms with Crippen molar-refractivity contribution < 1.29 is 14.0 Å². The van der Waals surface area contributed by atoms with Crippen molar-refractivity contribution in [3.63, 3.8) is 0 Å². The molecule has 4 N–H and O–H groups in total. The molecule has 1 saturated carbocycles. The minimum absolute atomic E-state index is 0.0133. The second-order valence-electron chi connectivity index (χ2n) is 14.4. The number of urea groups is 1. The van der Waals surface area contributed by atoms with Gasteiger partial charge in [-0.15, -0.1) is 11.6 Å². The maximum atomic E-state index is 16.6. The molecule has 9 nitrogen and oxygen atoms in total. The van der Waals surface area contributed by atoms with Crippen LogP contribution in [-0.2, 0) is 4.79 Å². The molecule has 5 saturated heterocycles. The van der Waals surface area contributed by atoms with E-state index in [9.17, 15) is 9.59 Å². The number of amides is 3. The molecule has 0 spiro atoms. The quantitative estimate of drug-likeness (QED) is 0.286. The zero-order valence-corrected chi connectivity index (χ0v) is 26.9. The molecule has 1 aliphatic carbocycles. The van der Waals surface area contributed by atoms with Crippen LogP contribution >= 0.6 is 11.6 Å². The Balaban J connectivity index is 1.37. The summed E-state index contributed by atoms with van der Waals surface area (Å²) in [5.41, 5.74) is 0. The highest BCUT2D eigenvalue weighted by Gasteiger charge is 2.57. The Kier molecular flexibility index (Phi) is 9.61. The molecule has 43 heavy (non-hydrogen) atoms. The lowest BCUT2D eigenvalue weighted by molar-refractivity contribution is -0.132. The van der Waals surface area contributed by atoms with E-state index in [1.807, 2.05) is 4.90 Å². The molecule has 5 aliphatic heterocycles. The van der Waals surface area contributed by atoms with Crippen LogP contribution < -0.4 is 21.3 Å². The number of halogens is 2. The molecule has 11 heteroatoms. The van der Waals surface area contributed by atoms with E-state index in [2.05, 4.69) is 58.4 Å². The van der Waals surface area contributed by atoms with E-state index in [-0.39, 0.29) is 65.7 Å². The predicted octanol–water partition coefficient (Wildman–Crippen LogP) is 2.86. The van der Waals surface area contributed by atoms with Crippen molar-refractivity contribution in [3.8, 4) is 0 Å². The number of alkyl halides is 2. The summed E-state index contributed by atoms with van der Waals surface area (Å²) in [4.78, 5) is 33.1. The van der Waals surface area contributed by atoms with E-state index in [1.165, 1.54) is 6.08 Å². The van der Waals surface area contributed by atoms with Gasteiger partial charge >= 0.3 is 6.03 Å². The van der Waals surface area contributed by atoms with Crippen LogP contribution in [0.15, 0.2) is 12.7 Å². The highest BCUT2D eigenvalue weighted by atomic mass is 35.5. The Morgan fingerprint density at radius 2 is 1.91 bits per heavy atom. The van der Waals surface area contributed by atoms with Gasteiger partial charge < -0.3 is 25.8 Å². The van der Waals surface area contributed by atoms with Gasteiger partial charge in [-0.3, -0.25) is 15.0 Å². The zero-order valence-electron chi connectivity index (χ0n) is 26.2. The number of hydrogen-bond acceptors (Lipinski definition) is 6. The highest BCUT2D eigenvalue weighted by Crippen LogP contribution is 2.43. The van der Waals surface area contributed by atoms with Crippen LogP contribution in [0.3, 0.4) is 0 Å². The average molecular weight is 622 g/mol. The third-order valence-electron chi connectivity index (χ3n) is 11.6. The van der Waals surface area contributed by atoms with Gasteiger partial charge in [-0.25, -0.2) is 9.18 Å². The van der Waals surface area contributed by atoms with Gasteiger partial charge in [-0.2, -0.15) is 0 Å². The van der Waals surface area contributed by atoms with E-state index >= 15 is 4.39 Å². The maximum absolute atomic E-state index is 16.6. The monoisotopic (exact) mass is 621 g/mol. The van der Waals surface area contributed by atoms with E-state index in [0.29, 0.717) is 37.9 Å². The van der Waals surface area contributed by atoms with Crippen molar-refractivity contribution in [3.05, 3.63) is 12.7 Å². The number of nitrogens with zero attached hydrogens (tertiary/aromatic N) is 3. The van der Waals surface area contributed by atoms with Crippen LogP contribution in [-0.4, -0.2) is 113 Å². The largest absolute Gasteiger partial charge is 0.336 e. The molecule has 6 fully saturated rings. The van der Waals surface area contributed by atoms with Gasteiger partial charge in [-0.05, 0) is 76.5 Å². The molecule has 5 heterocycles. The zero-order chi connectivity index (χ0) is 30.4. The molecule has 0 aromatic heterocycles. The van der Waals surface area contributed by atoms with Crippen LogP contribution in [0.1, 0.15) is 65.7 Å². The molecule has 0 aromatic rings. The summed E-state index contributed by atoms with van der Waals surface area (Å²) in [6.07, 6.45) is 6.13. The second-order valence-corrected chi connectivity index (χ2v) is 15.0. The third-order valence-corrected chi connectivity index (χ3v) is 12.1. The van der Waals surface area contributed by atoms with Crippen molar-refractivity contribution in [2.75, 3.05) is 32.7 Å². The van der Waals surface area contributed by atoms with Crippen LogP contribution in [0.25, 0.3) is 0 Å². The van der Waals surface area contributed by atoms with Gasteiger partial charge in [0.1, 0.15) is 6.17 Å². The summed E-state index contributed by atoms with van der Waals surface area (Å²) >= 11 is 7.04. The van der Waals surface area contributed by atoms with Gasteiger partial charge in [0.05, 0.1) is 18.4 Å². The number of piperazine rings is 1. The number of carbonyl (C=O) groups excluding carboxylic acids is 2. The van der Waals surface area contributed by atoms with Crippen molar-refractivity contribution in [2.24, 2.45) is 23.7 Å². The van der Waals surface area contributed by atoms with Crippen LogP contribution in [0.2, 0.25) is 0 Å². The molecule has 11 unspecified atom stereocenters. The smallest absolute Gasteiger partial charge is 0.320 e. The fraction of sp³-hybridized carbons (Fsp3) is 0.875. The van der Waals surface area contributed by atoms with E-state index in [4.69, 9.17) is 11.6 Å². The number of fused-ring (bicyclic) bond motifs is 5. The lowest BCUT2D eigenvalue weighted by atomic mass is 9.72. The normalized spacial score (nSPS) is 44.4. The Morgan fingerprint density at radius 1 is 1.09 bits per heavy atom. The fourth-order valence-corrected chi connectivity index (χ4v) is 10.1. The molecule has 0 aromatic carbocycles. The Labute approximate surface area is 262 Å².